The Morgan fingerprint density at radius 1 is 1.27 bits per heavy atom. The van der Waals surface area contributed by atoms with Gasteiger partial charge in [-0.1, -0.05) is 0 Å². The molecule has 0 aromatic heterocycles. The summed E-state index contributed by atoms with van der Waals surface area (Å²) in [6.07, 6.45) is 3.92. The zero-order valence-electron chi connectivity index (χ0n) is 10.2. The largest absolute Gasteiger partial charge is 0.326 e. The van der Waals surface area contributed by atoms with Crippen LogP contribution in [0.4, 0.5) is 0 Å². The van der Waals surface area contributed by atoms with Gasteiger partial charge in [-0.2, -0.15) is 0 Å². The van der Waals surface area contributed by atoms with Gasteiger partial charge in [0.1, 0.15) is 0 Å². The van der Waals surface area contributed by atoms with Crippen LogP contribution in [0, 0.1) is 0 Å². The zero-order valence-corrected chi connectivity index (χ0v) is 10.2. The number of nitrogens with zero attached hydrogens (tertiary/aromatic N) is 2. The monoisotopic (exact) mass is 211 g/mol. The topological polar surface area (TPSA) is 32.5 Å². The van der Waals surface area contributed by atoms with Crippen molar-refractivity contribution in [2.75, 3.05) is 32.7 Å². The van der Waals surface area contributed by atoms with Crippen molar-refractivity contribution in [2.24, 2.45) is 5.73 Å². The van der Waals surface area contributed by atoms with E-state index in [-0.39, 0.29) is 5.54 Å². The molecule has 3 nitrogen and oxygen atoms in total. The Hall–Kier alpha value is -0.120. The molecule has 0 radical (unpaired) electrons. The van der Waals surface area contributed by atoms with Crippen molar-refractivity contribution >= 4 is 0 Å². The Labute approximate surface area is 93.6 Å². The first-order chi connectivity index (χ1) is 7.04. The minimum atomic E-state index is -0.00713. The van der Waals surface area contributed by atoms with Crippen molar-refractivity contribution in [3.63, 3.8) is 0 Å². The fraction of sp³-hybridized carbons (Fsp3) is 1.00. The minimum absolute atomic E-state index is 0.00713. The fourth-order valence-corrected chi connectivity index (χ4v) is 2.70. The first kappa shape index (κ1) is 11.4. The third-order valence-corrected chi connectivity index (χ3v) is 3.74. The molecule has 1 unspecified atom stereocenters. The number of nitrogens with two attached hydrogens (primary N) is 1. The van der Waals surface area contributed by atoms with Crippen LogP contribution in [0.25, 0.3) is 0 Å². The second-order valence-electron chi connectivity index (χ2n) is 5.87. The van der Waals surface area contributed by atoms with Crippen molar-refractivity contribution in [3.8, 4) is 0 Å². The summed E-state index contributed by atoms with van der Waals surface area (Å²) in [5.41, 5.74) is 6.02. The molecule has 2 N–H and O–H groups in total. The Balaban J connectivity index is 1.75. The average Bonchev–Trinajstić information content (AvgIpc) is 2.60. The SMILES string of the molecule is CC(C)(N)CCN1CCN2CCCC2C1. The van der Waals surface area contributed by atoms with Gasteiger partial charge in [-0.05, 0) is 46.2 Å². The molecule has 2 aliphatic rings. The van der Waals surface area contributed by atoms with Crippen molar-refractivity contribution in [1.82, 2.24) is 9.80 Å². The number of piperazine rings is 1. The van der Waals surface area contributed by atoms with Gasteiger partial charge in [0.2, 0.25) is 0 Å². The summed E-state index contributed by atoms with van der Waals surface area (Å²) >= 11 is 0. The molecule has 0 bridgehead atoms. The highest BCUT2D eigenvalue weighted by atomic mass is 15.3. The lowest BCUT2D eigenvalue weighted by molar-refractivity contribution is 0.0993. The van der Waals surface area contributed by atoms with Gasteiger partial charge in [-0.15, -0.1) is 0 Å². The van der Waals surface area contributed by atoms with Gasteiger partial charge in [0.15, 0.2) is 0 Å². The second kappa shape index (κ2) is 4.40. The van der Waals surface area contributed by atoms with E-state index < -0.39 is 0 Å². The average molecular weight is 211 g/mol. The van der Waals surface area contributed by atoms with Crippen LogP contribution in [0.15, 0.2) is 0 Å². The van der Waals surface area contributed by atoms with Crippen molar-refractivity contribution < 1.29 is 0 Å². The van der Waals surface area contributed by atoms with E-state index in [9.17, 15) is 0 Å². The lowest BCUT2D eigenvalue weighted by Crippen LogP contribution is -2.51. The van der Waals surface area contributed by atoms with E-state index in [4.69, 9.17) is 5.73 Å². The molecular formula is C12H25N3. The van der Waals surface area contributed by atoms with E-state index in [1.165, 1.54) is 45.6 Å². The molecule has 2 fully saturated rings. The molecule has 3 heteroatoms. The maximum atomic E-state index is 6.02. The quantitative estimate of drug-likeness (QED) is 0.752. The number of hydrogen-bond donors (Lipinski definition) is 1. The van der Waals surface area contributed by atoms with E-state index in [0.717, 1.165) is 12.5 Å². The fourth-order valence-electron chi connectivity index (χ4n) is 2.70. The number of fused-ring (bicyclic) bond motifs is 1. The van der Waals surface area contributed by atoms with E-state index >= 15 is 0 Å². The normalized spacial score (nSPS) is 29.4. The predicted octanol–water partition coefficient (Wildman–Crippen LogP) is 0.894. The maximum absolute atomic E-state index is 6.02. The molecule has 15 heavy (non-hydrogen) atoms. The van der Waals surface area contributed by atoms with Gasteiger partial charge >= 0.3 is 0 Å². The van der Waals surface area contributed by atoms with Gasteiger partial charge in [0.25, 0.3) is 0 Å². The predicted molar refractivity (Wildman–Crippen MR) is 63.9 cm³/mol. The Bertz CT molecular complexity index is 209. The van der Waals surface area contributed by atoms with E-state index in [2.05, 4.69) is 23.6 Å². The van der Waals surface area contributed by atoms with Crippen LogP contribution in [0.1, 0.15) is 33.1 Å². The molecule has 2 saturated heterocycles. The number of rotatable bonds is 3. The third kappa shape index (κ3) is 3.16. The Morgan fingerprint density at radius 3 is 2.80 bits per heavy atom. The number of hydrogen-bond acceptors (Lipinski definition) is 3. The summed E-state index contributed by atoms with van der Waals surface area (Å²) < 4.78 is 0. The summed E-state index contributed by atoms with van der Waals surface area (Å²) in [5, 5.41) is 0. The van der Waals surface area contributed by atoms with Crippen LogP contribution in [-0.4, -0.2) is 54.1 Å². The molecule has 0 aromatic rings. The van der Waals surface area contributed by atoms with Crippen LogP contribution < -0.4 is 5.73 Å². The van der Waals surface area contributed by atoms with E-state index in [0.29, 0.717) is 0 Å². The first-order valence-electron chi connectivity index (χ1n) is 6.30. The molecule has 2 rings (SSSR count). The van der Waals surface area contributed by atoms with Crippen molar-refractivity contribution in [3.05, 3.63) is 0 Å². The molecule has 0 amide bonds. The second-order valence-corrected chi connectivity index (χ2v) is 5.87. The van der Waals surface area contributed by atoms with Gasteiger partial charge in [0.05, 0.1) is 0 Å². The summed E-state index contributed by atoms with van der Waals surface area (Å²) in [7, 11) is 0. The summed E-state index contributed by atoms with van der Waals surface area (Å²) in [4.78, 5) is 5.26. The molecule has 0 saturated carbocycles. The lowest BCUT2D eigenvalue weighted by atomic mass is 10.0. The van der Waals surface area contributed by atoms with Gasteiger partial charge in [0, 0.05) is 31.2 Å². The standard InChI is InChI=1S/C12H25N3/c1-12(2,13)5-7-14-8-9-15-6-3-4-11(15)10-14/h11H,3-10,13H2,1-2H3. The Morgan fingerprint density at radius 2 is 2.07 bits per heavy atom. The van der Waals surface area contributed by atoms with Crippen LogP contribution in [0.3, 0.4) is 0 Å². The summed E-state index contributed by atoms with van der Waals surface area (Å²) in [5.74, 6) is 0. The molecule has 0 aliphatic carbocycles. The molecule has 0 spiro atoms. The van der Waals surface area contributed by atoms with Crippen LogP contribution in [0.2, 0.25) is 0 Å². The minimum Gasteiger partial charge on any atom is -0.326 e. The molecule has 0 aromatic carbocycles. The van der Waals surface area contributed by atoms with Crippen LogP contribution in [-0.2, 0) is 0 Å². The highest BCUT2D eigenvalue weighted by Crippen LogP contribution is 2.21. The molecule has 2 aliphatic heterocycles. The van der Waals surface area contributed by atoms with Crippen molar-refractivity contribution in [2.45, 2.75) is 44.7 Å². The maximum Gasteiger partial charge on any atom is 0.0224 e. The van der Waals surface area contributed by atoms with Gasteiger partial charge in [-0.3, -0.25) is 4.90 Å². The van der Waals surface area contributed by atoms with Crippen molar-refractivity contribution in [1.29, 1.82) is 0 Å². The summed E-state index contributed by atoms with van der Waals surface area (Å²) in [6.45, 7) is 10.5. The highest BCUT2D eigenvalue weighted by Gasteiger charge is 2.30. The molecular weight excluding hydrogens is 186 g/mol. The van der Waals surface area contributed by atoms with E-state index in [1.54, 1.807) is 0 Å². The molecule has 1 atom stereocenters. The van der Waals surface area contributed by atoms with Crippen LogP contribution >= 0.6 is 0 Å². The summed E-state index contributed by atoms with van der Waals surface area (Å²) in [6, 6.07) is 0.847. The van der Waals surface area contributed by atoms with E-state index in [1.807, 2.05) is 0 Å². The zero-order chi connectivity index (χ0) is 10.9. The lowest BCUT2D eigenvalue weighted by Gasteiger charge is -2.38. The smallest absolute Gasteiger partial charge is 0.0224 e. The Kier molecular flexibility index (Phi) is 3.33. The van der Waals surface area contributed by atoms with Gasteiger partial charge in [-0.25, -0.2) is 0 Å². The molecule has 2 heterocycles. The molecule has 88 valence electrons. The first-order valence-corrected chi connectivity index (χ1v) is 6.30. The van der Waals surface area contributed by atoms with Crippen LogP contribution in [0.5, 0.6) is 0 Å². The third-order valence-electron chi connectivity index (χ3n) is 3.74. The van der Waals surface area contributed by atoms with Gasteiger partial charge < -0.3 is 10.6 Å². The highest BCUT2D eigenvalue weighted by molar-refractivity contribution is 4.87.